The SMILES string of the molecule is Oc1ccc(-c2cnc(-c3ccccc3)[nH]2)cc1. The monoisotopic (exact) mass is 236 g/mol. The van der Waals surface area contributed by atoms with Crippen LogP contribution in [0.3, 0.4) is 0 Å². The van der Waals surface area contributed by atoms with Crippen LogP contribution < -0.4 is 0 Å². The van der Waals surface area contributed by atoms with E-state index in [9.17, 15) is 5.11 Å². The van der Waals surface area contributed by atoms with Gasteiger partial charge in [0.2, 0.25) is 0 Å². The van der Waals surface area contributed by atoms with Crippen molar-refractivity contribution in [1.29, 1.82) is 0 Å². The molecule has 1 aromatic heterocycles. The van der Waals surface area contributed by atoms with Crippen molar-refractivity contribution in [3.63, 3.8) is 0 Å². The van der Waals surface area contributed by atoms with Crippen molar-refractivity contribution in [2.45, 2.75) is 0 Å². The molecule has 0 aliphatic rings. The molecule has 0 radical (unpaired) electrons. The Morgan fingerprint density at radius 1 is 0.833 bits per heavy atom. The van der Waals surface area contributed by atoms with Gasteiger partial charge in [0, 0.05) is 5.56 Å². The number of hydrogen-bond acceptors (Lipinski definition) is 2. The van der Waals surface area contributed by atoms with Crippen molar-refractivity contribution in [1.82, 2.24) is 9.97 Å². The number of nitrogens with zero attached hydrogens (tertiary/aromatic N) is 1. The minimum absolute atomic E-state index is 0.265. The van der Waals surface area contributed by atoms with Crippen LogP contribution in [-0.4, -0.2) is 15.1 Å². The molecule has 0 amide bonds. The standard InChI is InChI=1S/C15H12N2O/c18-13-8-6-11(7-9-13)14-10-16-15(17-14)12-4-2-1-3-5-12/h1-10,18H,(H,16,17). The van der Waals surface area contributed by atoms with Crippen LogP contribution in [0.25, 0.3) is 22.6 Å². The quantitative estimate of drug-likeness (QED) is 0.716. The first-order valence-electron chi connectivity index (χ1n) is 5.73. The maximum Gasteiger partial charge on any atom is 0.137 e. The minimum atomic E-state index is 0.265. The molecule has 2 N–H and O–H groups in total. The Kier molecular flexibility index (Phi) is 2.57. The van der Waals surface area contributed by atoms with Crippen molar-refractivity contribution < 1.29 is 5.11 Å². The predicted octanol–water partition coefficient (Wildman–Crippen LogP) is 3.45. The van der Waals surface area contributed by atoms with E-state index in [1.165, 1.54) is 0 Å². The van der Waals surface area contributed by atoms with Gasteiger partial charge in [-0.1, -0.05) is 30.3 Å². The zero-order valence-electron chi connectivity index (χ0n) is 9.67. The highest BCUT2D eigenvalue weighted by Gasteiger charge is 2.04. The predicted molar refractivity (Wildman–Crippen MR) is 71.1 cm³/mol. The van der Waals surface area contributed by atoms with Gasteiger partial charge in [-0.3, -0.25) is 0 Å². The molecule has 0 fully saturated rings. The Morgan fingerprint density at radius 3 is 2.28 bits per heavy atom. The number of H-pyrrole nitrogens is 1. The van der Waals surface area contributed by atoms with E-state index in [1.807, 2.05) is 42.5 Å². The molecule has 0 saturated carbocycles. The molecule has 2 aromatic carbocycles. The molecule has 3 aromatic rings. The molecule has 18 heavy (non-hydrogen) atoms. The maximum absolute atomic E-state index is 9.26. The molecule has 3 nitrogen and oxygen atoms in total. The van der Waals surface area contributed by atoms with Gasteiger partial charge < -0.3 is 10.1 Å². The number of imidazole rings is 1. The highest BCUT2D eigenvalue weighted by molar-refractivity contribution is 5.64. The van der Waals surface area contributed by atoms with Gasteiger partial charge in [-0.25, -0.2) is 4.98 Å². The van der Waals surface area contributed by atoms with E-state index in [1.54, 1.807) is 18.3 Å². The van der Waals surface area contributed by atoms with Crippen molar-refractivity contribution in [3.05, 3.63) is 60.8 Å². The summed E-state index contributed by atoms with van der Waals surface area (Å²) >= 11 is 0. The Morgan fingerprint density at radius 2 is 1.56 bits per heavy atom. The maximum atomic E-state index is 9.26. The molecule has 0 aliphatic carbocycles. The minimum Gasteiger partial charge on any atom is -0.508 e. The second kappa shape index (κ2) is 4.37. The van der Waals surface area contributed by atoms with E-state index < -0.39 is 0 Å². The zero-order chi connectivity index (χ0) is 12.4. The molecule has 1 heterocycles. The van der Waals surface area contributed by atoms with E-state index in [2.05, 4.69) is 9.97 Å². The van der Waals surface area contributed by atoms with Gasteiger partial charge in [0.25, 0.3) is 0 Å². The number of benzene rings is 2. The van der Waals surface area contributed by atoms with Crippen molar-refractivity contribution in [2.24, 2.45) is 0 Å². The lowest BCUT2D eigenvalue weighted by molar-refractivity contribution is 0.475. The highest BCUT2D eigenvalue weighted by Crippen LogP contribution is 2.23. The smallest absolute Gasteiger partial charge is 0.137 e. The summed E-state index contributed by atoms with van der Waals surface area (Å²) in [6, 6.07) is 17.0. The van der Waals surface area contributed by atoms with Crippen LogP contribution in [0, 0.1) is 0 Å². The second-order valence-corrected chi connectivity index (χ2v) is 4.06. The molecule has 3 heteroatoms. The third-order valence-electron chi connectivity index (χ3n) is 2.80. The number of rotatable bonds is 2. The largest absolute Gasteiger partial charge is 0.508 e. The van der Waals surface area contributed by atoms with Crippen LogP contribution in [0.5, 0.6) is 5.75 Å². The third-order valence-corrected chi connectivity index (χ3v) is 2.80. The van der Waals surface area contributed by atoms with Crippen LogP contribution in [-0.2, 0) is 0 Å². The lowest BCUT2D eigenvalue weighted by Gasteiger charge is -1.98. The number of aromatic amines is 1. The van der Waals surface area contributed by atoms with Crippen molar-refractivity contribution >= 4 is 0 Å². The lowest BCUT2D eigenvalue weighted by atomic mass is 10.1. The fourth-order valence-corrected chi connectivity index (χ4v) is 1.85. The molecule has 0 unspecified atom stereocenters. The van der Waals surface area contributed by atoms with Gasteiger partial charge in [0.15, 0.2) is 0 Å². The molecule has 0 bridgehead atoms. The summed E-state index contributed by atoms with van der Waals surface area (Å²) in [6.07, 6.45) is 1.80. The van der Waals surface area contributed by atoms with E-state index in [0.717, 1.165) is 22.6 Å². The Balaban J connectivity index is 1.97. The summed E-state index contributed by atoms with van der Waals surface area (Å²) in [4.78, 5) is 7.64. The molecule has 0 saturated heterocycles. The number of hydrogen-bond donors (Lipinski definition) is 2. The second-order valence-electron chi connectivity index (χ2n) is 4.06. The zero-order valence-corrected chi connectivity index (χ0v) is 9.67. The summed E-state index contributed by atoms with van der Waals surface area (Å²) in [6.45, 7) is 0. The average molecular weight is 236 g/mol. The summed E-state index contributed by atoms with van der Waals surface area (Å²) in [5.41, 5.74) is 3.00. The Labute approximate surface area is 105 Å². The van der Waals surface area contributed by atoms with Crippen molar-refractivity contribution in [3.8, 4) is 28.4 Å². The van der Waals surface area contributed by atoms with Gasteiger partial charge >= 0.3 is 0 Å². The molecule has 0 spiro atoms. The Bertz CT molecular complexity index is 642. The van der Waals surface area contributed by atoms with Gasteiger partial charge in [0.1, 0.15) is 11.6 Å². The number of nitrogens with one attached hydrogen (secondary N) is 1. The topological polar surface area (TPSA) is 48.9 Å². The summed E-state index contributed by atoms with van der Waals surface area (Å²) < 4.78 is 0. The summed E-state index contributed by atoms with van der Waals surface area (Å²) in [7, 11) is 0. The van der Waals surface area contributed by atoms with E-state index >= 15 is 0 Å². The van der Waals surface area contributed by atoms with Gasteiger partial charge in [-0.15, -0.1) is 0 Å². The van der Waals surface area contributed by atoms with Gasteiger partial charge in [0.05, 0.1) is 11.9 Å². The van der Waals surface area contributed by atoms with Crippen LogP contribution in [0.2, 0.25) is 0 Å². The van der Waals surface area contributed by atoms with Crippen molar-refractivity contribution in [2.75, 3.05) is 0 Å². The average Bonchev–Trinajstić information content (AvgIpc) is 2.90. The van der Waals surface area contributed by atoms with Crippen LogP contribution in [0.4, 0.5) is 0 Å². The fourth-order valence-electron chi connectivity index (χ4n) is 1.85. The summed E-state index contributed by atoms with van der Waals surface area (Å²) in [5, 5.41) is 9.26. The molecular weight excluding hydrogens is 224 g/mol. The van der Waals surface area contributed by atoms with Crippen LogP contribution in [0.1, 0.15) is 0 Å². The van der Waals surface area contributed by atoms with Crippen LogP contribution >= 0.6 is 0 Å². The molecule has 0 atom stereocenters. The van der Waals surface area contributed by atoms with E-state index in [-0.39, 0.29) is 5.75 Å². The number of phenols is 1. The summed E-state index contributed by atoms with van der Waals surface area (Å²) in [5.74, 6) is 1.11. The molecule has 3 rings (SSSR count). The van der Waals surface area contributed by atoms with E-state index in [0.29, 0.717) is 0 Å². The first kappa shape index (κ1) is 10.6. The third kappa shape index (κ3) is 1.98. The molecule has 0 aliphatic heterocycles. The highest BCUT2D eigenvalue weighted by atomic mass is 16.3. The first-order chi connectivity index (χ1) is 8.83. The van der Waals surface area contributed by atoms with E-state index in [4.69, 9.17) is 0 Å². The number of aromatic hydroxyl groups is 1. The molecular formula is C15H12N2O. The fraction of sp³-hybridized carbons (Fsp3) is 0. The van der Waals surface area contributed by atoms with Gasteiger partial charge in [-0.05, 0) is 29.8 Å². The Hall–Kier alpha value is -2.55. The lowest BCUT2D eigenvalue weighted by Crippen LogP contribution is -1.80. The number of phenolic OH excluding ortho intramolecular Hbond substituents is 1. The van der Waals surface area contributed by atoms with Crippen LogP contribution in [0.15, 0.2) is 60.8 Å². The molecule has 88 valence electrons. The first-order valence-corrected chi connectivity index (χ1v) is 5.73. The normalized spacial score (nSPS) is 10.4. The number of aromatic nitrogens is 2. The van der Waals surface area contributed by atoms with Gasteiger partial charge in [-0.2, -0.15) is 0 Å².